The molecule has 0 amide bonds. The van der Waals surface area contributed by atoms with Crippen LogP contribution in [0.4, 0.5) is 0 Å². The van der Waals surface area contributed by atoms with Crippen molar-refractivity contribution in [3.63, 3.8) is 0 Å². The number of rotatable bonds is 5. The minimum absolute atomic E-state index is 0.148. The van der Waals surface area contributed by atoms with Gasteiger partial charge in [0.15, 0.2) is 5.78 Å². The summed E-state index contributed by atoms with van der Waals surface area (Å²) < 4.78 is 5.75. The summed E-state index contributed by atoms with van der Waals surface area (Å²) in [6, 6.07) is 0.590. The Kier molecular flexibility index (Phi) is 4.57. The molecule has 0 spiro atoms. The Morgan fingerprint density at radius 2 is 2.18 bits per heavy atom. The Morgan fingerprint density at radius 3 is 2.88 bits per heavy atom. The largest absolute Gasteiger partial charge is 0.367 e. The van der Waals surface area contributed by atoms with Gasteiger partial charge in [0, 0.05) is 19.0 Å². The van der Waals surface area contributed by atoms with Gasteiger partial charge in [0.05, 0.1) is 6.61 Å². The Hall–Kier alpha value is -0.410. The van der Waals surface area contributed by atoms with E-state index in [-0.39, 0.29) is 6.10 Å². The molecule has 0 N–H and O–H groups in total. The van der Waals surface area contributed by atoms with Gasteiger partial charge in [-0.3, -0.25) is 9.69 Å². The van der Waals surface area contributed by atoms with Crippen molar-refractivity contribution in [3.05, 3.63) is 0 Å². The lowest BCUT2D eigenvalue weighted by molar-refractivity contribution is -0.139. The Bertz CT molecular complexity index is 263. The van der Waals surface area contributed by atoms with E-state index < -0.39 is 0 Å². The zero-order valence-electron chi connectivity index (χ0n) is 11.2. The van der Waals surface area contributed by atoms with E-state index in [0.29, 0.717) is 24.2 Å². The van der Waals surface area contributed by atoms with Crippen LogP contribution in [-0.2, 0) is 9.53 Å². The van der Waals surface area contributed by atoms with Crippen molar-refractivity contribution in [2.75, 3.05) is 19.7 Å². The number of carbonyl (C=O) groups is 1. The van der Waals surface area contributed by atoms with Gasteiger partial charge in [0.1, 0.15) is 6.10 Å². The number of morpholine rings is 1. The Labute approximate surface area is 105 Å². The van der Waals surface area contributed by atoms with E-state index in [2.05, 4.69) is 18.7 Å². The van der Waals surface area contributed by atoms with E-state index in [9.17, 15) is 4.79 Å². The van der Waals surface area contributed by atoms with E-state index in [4.69, 9.17) is 4.74 Å². The van der Waals surface area contributed by atoms with Gasteiger partial charge in [-0.2, -0.15) is 0 Å². The summed E-state index contributed by atoms with van der Waals surface area (Å²) in [5.74, 6) is 0.867. The molecule has 2 atom stereocenters. The van der Waals surface area contributed by atoms with Crippen LogP contribution < -0.4 is 0 Å². The summed E-state index contributed by atoms with van der Waals surface area (Å²) in [7, 11) is 0. The third-order valence-corrected chi connectivity index (χ3v) is 4.39. The number of ketones is 1. The molecule has 2 aliphatic rings. The van der Waals surface area contributed by atoms with Gasteiger partial charge in [-0.1, -0.05) is 26.7 Å². The van der Waals surface area contributed by atoms with Gasteiger partial charge in [0.25, 0.3) is 0 Å². The molecule has 2 fully saturated rings. The summed E-state index contributed by atoms with van der Waals surface area (Å²) in [6.45, 7) is 7.09. The van der Waals surface area contributed by atoms with E-state index in [1.807, 2.05) is 0 Å². The van der Waals surface area contributed by atoms with Crippen molar-refractivity contribution < 1.29 is 9.53 Å². The molecule has 0 radical (unpaired) electrons. The average molecular weight is 239 g/mol. The maximum absolute atomic E-state index is 12.2. The first-order valence-electron chi connectivity index (χ1n) is 7.13. The van der Waals surface area contributed by atoms with Crippen LogP contribution in [-0.4, -0.2) is 42.5 Å². The van der Waals surface area contributed by atoms with Crippen LogP contribution in [0.3, 0.4) is 0 Å². The lowest BCUT2D eigenvalue weighted by Crippen LogP contribution is -2.49. The first-order valence-corrected chi connectivity index (χ1v) is 7.13. The van der Waals surface area contributed by atoms with E-state index in [1.165, 1.54) is 12.8 Å². The molecule has 3 nitrogen and oxygen atoms in total. The summed E-state index contributed by atoms with van der Waals surface area (Å²) in [4.78, 5) is 14.6. The molecule has 2 unspecified atom stereocenters. The van der Waals surface area contributed by atoms with Crippen LogP contribution in [0.15, 0.2) is 0 Å². The van der Waals surface area contributed by atoms with E-state index in [0.717, 1.165) is 32.5 Å². The highest BCUT2D eigenvalue weighted by Gasteiger charge is 2.35. The molecular weight excluding hydrogens is 214 g/mol. The SMILES string of the molecule is CCC(CC)CC(=O)C1CN2CCCC2CO1. The number of hydrogen-bond acceptors (Lipinski definition) is 3. The Balaban J connectivity index is 1.83. The molecule has 2 heterocycles. The Morgan fingerprint density at radius 1 is 1.41 bits per heavy atom. The van der Waals surface area contributed by atoms with Gasteiger partial charge in [0.2, 0.25) is 0 Å². The predicted octanol–water partition coefficient (Wildman–Crippen LogP) is 2.25. The highest BCUT2D eigenvalue weighted by atomic mass is 16.5. The first kappa shape index (κ1) is 13.0. The summed E-state index contributed by atoms with van der Waals surface area (Å²) in [6.07, 6.45) is 5.26. The van der Waals surface area contributed by atoms with Crippen molar-refractivity contribution >= 4 is 5.78 Å². The first-order chi connectivity index (χ1) is 8.24. The predicted molar refractivity (Wildman–Crippen MR) is 68.0 cm³/mol. The smallest absolute Gasteiger partial charge is 0.163 e. The molecule has 0 aromatic rings. The number of nitrogens with zero attached hydrogens (tertiary/aromatic N) is 1. The van der Waals surface area contributed by atoms with Crippen molar-refractivity contribution in [2.24, 2.45) is 5.92 Å². The minimum Gasteiger partial charge on any atom is -0.367 e. The molecule has 2 aliphatic heterocycles. The quantitative estimate of drug-likeness (QED) is 0.737. The fourth-order valence-electron chi connectivity index (χ4n) is 3.01. The number of hydrogen-bond donors (Lipinski definition) is 0. The van der Waals surface area contributed by atoms with Gasteiger partial charge in [-0.05, 0) is 25.3 Å². The zero-order valence-corrected chi connectivity index (χ0v) is 11.2. The van der Waals surface area contributed by atoms with Crippen LogP contribution >= 0.6 is 0 Å². The third-order valence-electron chi connectivity index (χ3n) is 4.39. The summed E-state index contributed by atoms with van der Waals surface area (Å²) in [5.41, 5.74) is 0. The van der Waals surface area contributed by atoms with Crippen LogP contribution in [0.5, 0.6) is 0 Å². The lowest BCUT2D eigenvalue weighted by Gasteiger charge is -2.34. The molecule has 2 rings (SSSR count). The van der Waals surface area contributed by atoms with Gasteiger partial charge < -0.3 is 4.74 Å². The molecule has 0 bridgehead atoms. The number of fused-ring (bicyclic) bond motifs is 1. The maximum Gasteiger partial charge on any atom is 0.163 e. The van der Waals surface area contributed by atoms with Crippen LogP contribution in [0.25, 0.3) is 0 Å². The lowest BCUT2D eigenvalue weighted by atomic mass is 9.94. The fraction of sp³-hybridized carbons (Fsp3) is 0.929. The second kappa shape index (κ2) is 5.96. The van der Waals surface area contributed by atoms with Crippen molar-refractivity contribution in [1.29, 1.82) is 0 Å². The van der Waals surface area contributed by atoms with E-state index in [1.54, 1.807) is 0 Å². The molecule has 2 saturated heterocycles. The van der Waals surface area contributed by atoms with Crippen molar-refractivity contribution in [2.45, 2.75) is 58.1 Å². The van der Waals surface area contributed by atoms with Gasteiger partial charge in [-0.25, -0.2) is 0 Å². The standard InChI is InChI=1S/C14H25NO2/c1-3-11(4-2)8-13(16)14-9-15-7-5-6-12(15)10-17-14/h11-12,14H,3-10H2,1-2H3. The summed E-state index contributed by atoms with van der Waals surface area (Å²) >= 11 is 0. The minimum atomic E-state index is -0.148. The highest BCUT2D eigenvalue weighted by molar-refractivity contribution is 5.83. The zero-order chi connectivity index (χ0) is 12.3. The van der Waals surface area contributed by atoms with Crippen molar-refractivity contribution in [3.8, 4) is 0 Å². The molecule has 0 aliphatic carbocycles. The maximum atomic E-state index is 12.2. The second-order valence-electron chi connectivity index (χ2n) is 5.47. The van der Waals surface area contributed by atoms with Crippen LogP contribution in [0.2, 0.25) is 0 Å². The molecule has 3 heteroatoms. The molecule has 0 aromatic heterocycles. The van der Waals surface area contributed by atoms with Crippen LogP contribution in [0, 0.1) is 5.92 Å². The van der Waals surface area contributed by atoms with E-state index >= 15 is 0 Å². The molecule has 0 saturated carbocycles. The molecular formula is C14H25NO2. The normalized spacial score (nSPS) is 29.6. The highest BCUT2D eigenvalue weighted by Crippen LogP contribution is 2.24. The van der Waals surface area contributed by atoms with Gasteiger partial charge >= 0.3 is 0 Å². The molecule has 17 heavy (non-hydrogen) atoms. The van der Waals surface area contributed by atoms with Gasteiger partial charge in [-0.15, -0.1) is 0 Å². The second-order valence-corrected chi connectivity index (χ2v) is 5.47. The number of ether oxygens (including phenoxy) is 1. The molecule has 0 aromatic carbocycles. The van der Waals surface area contributed by atoms with Crippen molar-refractivity contribution in [1.82, 2.24) is 4.90 Å². The third kappa shape index (κ3) is 3.08. The summed E-state index contributed by atoms with van der Waals surface area (Å²) in [5, 5.41) is 0. The number of carbonyl (C=O) groups excluding carboxylic acids is 1. The number of Topliss-reactive ketones (excluding diaryl/α,β-unsaturated/α-hetero) is 1. The van der Waals surface area contributed by atoms with Crippen LogP contribution in [0.1, 0.15) is 46.0 Å². The topological polar surface area (TPSA) is 29.5 Å². The average Bonchev–Trinajstić information content (AvgIpc) is 2.82. The fourth-order valence-corrected chi connectivity index (χ4v) is 3.01. The molecule has 98 valence electrons. The monoisotopic (exact) mass is 239 g/mol.